The van der Waals surface area contributed by atoms with Crippen LogP contribution in [0, 0.1) is 6.92 Å². The summed E-state index contributed by atoms with van der Waals surface area (Å²) in [6.07, 6.45) is 1.67. The molecule has 1 amide bonds. The largest absolute Gasteiger partial charge is 0.438 e. The number of carbonyl (C=O) groups is 1. The van der Waals surface area contributed by atoms with Gasteiger partial charge in [-0.2, -0.15) is 5.10 Å². The molecular weight excluding hydrogens is 410 g/mol. The average Bonchev–Trinajstić information content (AvgIpc) is 3.21. The zero-order chi connectivity index (χ0) is 23.0. The van der Waals surface area contributed by atoms with Crippen molar-refractivity contribution >= 4 is 5.91 Å². The molecule has 0 radical (unpaired) electrons. The lowest BCUT2D eigenvalue weighted by molar-refractivity contribution is -0.121. The van der Waals surface area contributed by atoms with Crippen molar-refractivity contribution in [2.75, 3.05) is 0 Å². The summed E-state index contributed by atoms with van der Waals surface area (Å²) >= 11 is 0. The minimum absolute atomic E-state index is 0.00945. The van der Waals surface area contributed by atoms with E-state index >= 15 is 0 Å². The molecule has 0 unspecified atom stereocenters. The first kappa shape index (κ1) is 22.3. The first-order chi connectivity index (χ1) is 16.2. The van der Waals surface area contributed by atoms with Crippen LogP contribution in [-0.2, 0) is 24.2 Å². The Morgan fingerprint density at radius 2 is 1.61 bits per heavy atom. The first-order valence-electron chi connectivity index (χ1n) is 11.4. The van der Waals surface area contributed by atoms with Gasteiger partial charge in [-0.15, -0.1) is 0 Å². The molecule has 0 spiro atoms. The van der Waals surface area contributed by atoms with Gasteiger partial charge in [0, 0.05) is 18.5 Å². The Kier molecular flexibility index (Phi) is 7.20. The third-order valence-electron chi connectivity index (χ3n) is 5.59. The number of aryl methyl sites for hydroxylation is 2. The summed E-state index contributed by atoms with van der Waals surface area (Å²) in [5, 5.41) is 7.87. The summed E-state index contributed by atoms with van der Waals surface area (Å²) in [6.45, 7) is 4.63. The molecular formula is C28H29N3O2. The third-order valence-corrected chi connectivity index (χ3v) is 5.59. The smallest absolute Gasteiger partial charge is 0.226 e. The Labute approximate surface area is 195 Å². The zero-order valence-corrected chi connectivity index (χ0v) is 19.1. The normalized spacial score (nSPS) is 10.7. The lowest BCUT2D eigenvalue weighted by Gasteiger charge is -2.13. The number of rotatable bonds is 9. The van der Waals surface area contributed by atoms with E-state index in [1.165, 1.54) is 0 Å². The maximum atomic E-state index is 12.6. The standard InChI is InChI=1S/C28H29N3O2/c1-3-25-24(18-19-27(32)29-20-22-13-6-4-7-14-22)28(33-26-17-11-10-12-21(26)2)31(30-25)23-15-8-5-9-16-23/h4-17H,3,18-20H2,1-2H3,(H,29,32). The molecule has 0 saturated heterocycles. The van der Waals surface area contributed by atoms with Gasteiger partial charge in [-0.1, -0.05) is 73.7 Å². The second-order valence-corrected chi connectivity index (χ2v) is 7.96. The van der Waals surface area contributed by atoms with Gasteiger partial charge < -0.3 is 10.1 Å². The number of ether oxygens (including phenoxy) is 1. The van der Waals surface area contributed by atoms with E-state index in [-0.39, 0.29) is 5.91 Å². The summed E-state index contributed by atoms with van der Waals surface area (Å²) < 4.78 is 8.29. The highest BCUT2D eigenvalue weighted by Crippen LogP contribution is 2.33. The second kappa shape index (κ2) is 10.6. The van der Waals surface area contributed by atoms with E-state index in [0.29, 0.717) is 25.3 Å². The van der Waals surface area contributed by atoms with Crippen LogP contribution in [0.2, 0.25) is 0 Å². The van der Waals surface area contributed by atoms with Gasteiger partial charge in [0.15, 0.2) is 0 Å². The molecule has 0 aliphatic heterocycles. The van der Waals surface area contributed by atoms with Crippen LogP contribution in [0.15, 0.2) is 84.9 Å². The lowest BCUT2D eigenvalue weighted by Crippen LogP contribution is -2.23. The number of nitrogens with zero attached hydrogens (tertiary/aromatic N) is 2. The fourth-order valence-corrected chi connectivity index (χ4v) is 3.76. The minimum Gasteiger partial charge on any atom is -0.438 e. The highest BCUT2D eigenvalue weighted by molar-refractivity contribution is 5.76. The number of carbonyl (C=O) groups excluding carboxylic acids is 1. The predicted molar refractivity (Wildman–Crippen MR) is 131 cm³/mol. The number of nitrogens with one attached hydrogen (secondary N) is 1. The molecule has 1 aromatic heterocycles. The molecule has 0 fully saturated rings. The van der Waals surface area contributed by atoms with E-state index in [4.69, 9.17) is 9.84 Å². The Morgan fingerprint density at radius 3 is 2.30 bits per heavy atom. The molecule has 0 atom stereocenters. The molecule has 0 aliphatic carbocycles. The summed E-state index contributed by atoms with van der Waals surface area (Å²) in [7, 11) is 0. The van der Waals surface area contributed by atoms with Crippen molar-refractivity contribution in [2.45, 2.75) is 39.7 Å². The van der Waals surface area contributed by atoms with E-state index in [1.54, 1.807) is 0 Å². The van der Waals surface area contributed by atoms with Crippen LogP contribution in [0.5, 0.6) is 11.6 Å². The SMILES string of the molecule is CCc1nn(-c2ccccc2)c(Oc2ccccc2C)c1CCC(=O)NCc1ccccc1. The fourth-order valence-electron chi connectivity index (χ4n) is 3.76. The van der Waals surface area contributed by atoms with E-state index < -0.39 is 0 Å². The molecule has 33 heavy (non-hydrogen) atoms. The number of aromatic nitrogens is 2. The Bertz CT molecular complexity index is 1200. The molecule has 168 valence electrons. The van der Waals surface area contributed by atoms with Crippen LogP contribution in [-0.4, -0.2) is 15.7 Å². The van der Waals surface area contributed by atoms with Gasteiger partial charge in [-0.25, -0.2) is 4.68 Å². The van der Waals surface area contributed by atoms with Crippen LogP contribution in [0.1, 0.15) is 35.7 Å². The van der Waals surface area contributed by atoms with Crippen LogP contribution < -0.4 is 10.1 Å². The average molecular weight is 440 g/mol. The van der Waals surface area contributed by atoms with Crippen molar-refractivity contribution in [3.63, 3.8) is 0 Å². The quantitative estimate of drug-likeness (QED) is 0.359. The number of hydrogen-bond donors (Lipinski definition) is 1. The number of amides is 1. The van der Waals surface area contributed by atoms with Gasteiger partial charge in [0.2, 0.25) is 11.8 Å². The van der Waals surface area contributed by atoms with Crippen molar-refractivity contribution in [3.05, 3.63) is 107 Å². The Balaban J connectivity index is 1.59. The molecule has 3 aromatic carbocycles. The maximum Gasteiger partial charge on any atom is 0.226 e. The van der Waals surface area contributed by atoms with E-state index in [1.807, 2.05) is 96.5 Å². The molecule has 5 heteroatoms. The Hall–Kier alpha value is -3.86. The van der Waals surface area contributed by atoms with Crippen molar-refractivity contribution in [2.24, 2.45) is 0 Å². The zero-order valence-electron chi connectivity index (χ0n) is 19.1. The molecule has 0 aliphatic rings. The number of hydrogen-bond acceptors (Lipinski definition) is 3. The van der Waals surface area contributed by atoms with Crippen molar-refractivity contribution in [1.29, 1.82) is 0 Å². The third kappa shape index (κ3) is 5.50. The maximum absolute atomic E-state index is 12.6. The van der Waals surface area contributed by atoms with Crippen LogP contribution in [0.3, 0.4) is 0 Å². The van der Waals surface area contributed by atoms with Crippen molar-refractivity contribution in [3.8, 4) is 17.3 Å². The molecule has 1 N–H and O–H groups in total. The van der Waals surface area contributed by atoms with Crippen LogP contribution in [0.4, 0.5) is 0 Å². The summed E-state index contributed by atoms with van der Waals surface area (Å²) in [5.41, 5.74) is 4.97. The monoisotopic (exact) mass is 439 g/mol. The lowest BCUT2D eigenvalue weighted by atomic mass is 10.1. The van der Waals surface area contributed by atoms with Gasteiger partial charge in [0.25, 0.3) is 0 Å². The van der Waals surface area contributed by atoms with Crippen molar-refractivity contribution < 1.29 is 9.53 Å². The van der Waals surface area contributed by atoms with E-state index in [2.05, 4.69) is 12.2 Å². The summed E-state index contributed by atoms with van der Waals surface area (Å²) in [4.78, 5) is 12.6. The van der Waals surface area contributed by atoms with E-state index in [0.717, 1.165) is 40.2 Å². The van der Waals surface area contributed by atoms with Crippen LogP contribution in [0.25, 0.3) is 5.69 Å². The van der Waals surface area contributed by atoms with E-state index in [9.17, 15) is 4.79 Å². The van der Waals surface area contributed by atoms with Gasteiger partial charge in [0.05, 0.1) is 11.4 Å². The highest BCUT2D eigenvalue weighted by atomic mass is 16.5. The van der Waals surface area contributed by atoms with Gasteiger partial charge in [-0.3, -0.25) is 4.79 Å². The van der Waals surface area contributed by atoms with Gasteiger partial charge in [0.1, 0.15) is 5.75 Å². The molecule has 4 rings (SSSR count). The topological polar surface area (TPSA) is 56.2 Å². The number of para-hydroxylation sites is 2. The molecule has 5 nitrogen and oxygen atoms in total. The molecule has 0 bridgehead atoms. The molecule has 4 aromatic rings. The fraction of sp³-hybridized carbons (Fsp3) is 0.214. The van der Waals surface area contributed by atoms with Crippen molar-refractivity contribution in [1.82, 2.24) is 15.1 Å². The first-order valence-corrected chi connectivity index (χ1v) is 11.4. The Morgan fingerprint density at radius 1 is 0.939 bits per heavy atom. The van der Waals surface area contributed by atoms with Gasteiger partial charge in [-0.05, 0) is 49.1 Å². The predicted octanol–water partition coefficient (Wildman–Crippen LogP) is 5.78. The highest BCUT2D eigenvalue weighted by Gasteiger charge is 2.21. The van der Waals surface area contributed by atoms with Crippen LogP contribution >= 0.6 is 0 Å². The van der Waals surface area contributed by atoms with Gasteiger partial charge >= 0.3 is 0 Å². The molecule has 1 heterocycles. The summed E-state index contributed by atoms with van der Waals surface area (Å²) in [6, 6.07) is 27.8. The summed E-state index contributed by atoms with van der Waals surface area (Å²) in [5.74, 6) is 1.46. The number of benzene rings is 3. The second-order valence-electron chi connectivity index (χ2n) is 7.96. The minimum atomic E-state index is 0.00945. The molecule has 0 saturated carbocycles.